The summed E-state index contributed by atoms with van der Waals surface area (Å²) in [6, 6.07) is 0.528. The second-order valence-electron chi connectivity index (χ2n) is 1.67. The molecule has 0 bridgehead atoms. The van der Waals surface area contributed by atoms with Crippen LogP contribution in [0, 0.1) is 0 Å². The normalized spacial score (nSPS) is 43.0. The third-order valence-electron chi connectivity index (χ3n) is 1.08. The number of rotatable bonds is 1. The van der Waals surface area contributed by atoms with Crippen LogP contribution in [0.1, 0.15) is 6.42 Å². The molecule has 6 heavy (non-hydrogen) atoms. The van der Waals surface area contributed by atoms with Crippen molar-refractivity contribution in [1.82, 2.24) is 0 Å². The van der Waals surface area contributed by atoms with Gasteiger partial charge in [-0.05, 0) is 12.7 Å². The average Bonchev–Trinajstić information content (AvgIpc) is 2.19. The second-order valence-corrected chi connectivity index (χ2v) is 2.75. The highest BCUT2D eigenvalue weighted by Gasteiger charge is 2.31. The summed E-state index contributed by atoms with van der Waals surface area (Å²) in [4.78, 5) is 0. The van der Waals surface area contributed by atoms with Crippen LogP contribution >= 0.6 is 11.8 Å². The molecule has 0 unspecified atom stereocenters. The van der Waals surface area contributed by atoms with Gasteiger partial charge in [0.05, 0.1) is 0 Å². The zero-order valence-electron chi connectivity index (χ0n) is 3.85. The summed E-state index contributed by atoms with van der Waals surface area (Å²) in [6.45, 7) is 0. The maximum absolute atomic E-state index is 5.46. The van der Waals surface area contributed by atoms with Gasteiger partial charge >= 0.3 is 0 Å². The third kappa shape index (κ3) is 0.684. The minimum atomic E-state index is 0.528. The molecule has 0 aliphatic heterocycles. The Balaban J connectivity index is 2.09. The monoisotopic (exact) mass is 103 g/mol. The van der Waals surface area contributed by atoms with Crippen molar-refractivity contribution >= 4 is 11.8 Å². The van der Waals surface area contributed by atoms with E-state index in [1.165, 1.54) is 6.42 Å². The molecule has 1 aliphatic carbocycles. The molecular formula is C4H9NS. The van der Waals surface area contributed by atoms with Crippen molar-refractivity contribution < 1.29 is 0 Å². The Labute approximate surface area is 42.3 Å². The van der Waals surface area contributed by atoms with E-state index in [0.29, 0.717) is 6.04 Å². The highest BCUT2D eigenvalue weighted by molar-refractivity contribution is 7.99. The van der Waals surface area contributed by atoms with Gasteiger partial charge in [0.2, 0.25) is 0 Å². The highest BCUT2D eigenvalue weighted by atomic mass is 32.2. The van der Waals surface area contributed by atoms with Gasteiger partial charge < -0.3 is 5.73 Å². The second kappa shape index (κ2) is 1.43. The van der Waals surface area contributed by atoms with E-state index < -0.39 is 0 Å². The number of nitrogens with two attached hydrogens (primary N) is 1. The van der Waals surface area contributed by atoms with Crippen LogP contribution < -0.4 is 5.73 Å². The zero-order valence-corrected chi connectivity index (χ0v) is 4.66. The van der Waals surface area contributed by atoms with Crippen LogP contribution in [0.2, 0.25) is 0 Å². The van der Waals surface area contributed by atoms with Gasteiger partial charge in [-0.2, -0.15) is 11.8 Å². The smallest absolute Gasteiger partial charge is 0.0211 e. The summed E-state index contributed by atoms with van der Waals surface area (Å²) < 4.78 is 0. The first-order chi connectivity index (χ1) is 2.84. The molecule has 1 nitrogen and oxygen atoms in total. The summed E-state index contributed by atoms with van der Waals surface area (Å²) in [7, 11) is 0. The molecule has 1 saturated carbocycles. The minimum Gasteiger partial charge on any atom is -0.327 e. The fourth-order valence-electron chi connectivity index (χ4n) is 0.461. The van der Waals surface area contributed by atoms with Crippen LogP contribution in [-0.4, -0.2) is 17.5 Å². The Kier molecular flexibility index (Phi) is 1.06. The summed E-state index contributed by atoms with van der Waals surface area (Å²) in [5.74, 6) is 0. The highest BCUT2D eigenvalue weighted by Crippen LogP contribution is 2.30. The fourth-order valence-corrected chi connectivity index (χ4v) is 1.22. The van der Waals surface area contributed by atoms with Gasteiger partial charge in [-0.15, -0.1) is 0 Å². The molecule has 0 amide bonds. The van der Waals surface area contributed by atoms with Gasteiger partial charge in [0.25, 0.3) is 0 Å². The lowest BCUT2D eigenvalue weighted by atomic mass is 10.8. The first-order valence-electron chi connectivity index (χ1n) is 2.13. The molecular weight excluding hydrogens is 94.1 g/mol. The van der Waals surface area contributed by atoms with Crippen molar-refractivity contribution in [2.24, 2.45) is 5.73 Å². The van der Waals surface area contributed by atoms with Crippen molar-refractivity contribution in [2.45, 2.75) is 17.7 Å². The topological polar surface area (TPSA) is 26.0 Å². The van der Waals surface area contributed by atoms with Crippen LogP contribution in [0.5, 0.6) is 0 Å². The molecule has 36 valence electrons. The molecule has 2 N–H and O–H groups in total. The zero-order chi connectivity index (χ0) is 4.57. The number of hydrogen-bond acceptors (Lipinski definition) is 2. The summed E-state index contributed by atoms with van der Waals surface area (Å²) in [5, 5.41) is 0.796. The van der Waals surface area contributed by atoms with Crippen molar-refractivity contribution in [3.63, 3.8) is 0 Å². The summed E-state index contributed by atoms with van der Waals surface area (Å²) >= 11 is 1.87. The number of hydrogen-bond donors (Lipinski definition) is 1. The molecule has 1 fully saturated rings. The average molecular weight is 103 g/mol. The Morgan fingerprint density at radius 3 is 2.33 bits per heavy atom. The van der Waals surface area contributed by atoms with Crippen LogP contribution in [0.15, 0.2) is 0 Å². The summed E-state index contributed by atoms with van der Waals surface area (Å²) in [6.07, 6.45) is 3.35. The molecule has 0 saturated heterocycles. The fraction of sp³-hybridized carbons (Fsp3) is 1.00. The molecule has 0 aromatic carbocycles. The largest absolute Gasteiger partial charge is 0.327 e. The Bertz CT molecular complexity index is 53.5. The van der Waals surface area contributed by atoms with Crippen LogP contribution in [0.4, 0.5) is 0 Å². The van der Waals surface area contributed by atoms with E-state index in [1.54, 1.807) is 0 Å². The molecule has 0 aromatic rings. The van der Waals surface area contributed by atoms with Gasteiger partial charge in [-0.25, -0.2) is 0 Å². The van der Waals surface area contributed by atoms with E-state index in [9.17, 15) is 0 Å². The third-order valence-corrected chi connectivity index (χ3v) is 2.23. The molecule has 1 aliphatic rings. The lowest BCUT2D eigenvalue weighted by Crippen LogP contribution is -2.01. The van der Waals surface area contributed by atoms with Crippen LogP contribution in [-0.2, 0) is 0 Å². The van der Waals surface area contributed by atoms with Crippen molar-refractivity contribution in [1.29, 1.82) is 0 Å². The standard InChI is InChI=1S/C4H9NS/c1-6-4-2-3(4)5/h3-4H,2,5H2,1H3/t3-,4-/m1/s1. The van der Waals surface area contributed by atoms with Gasteiger partial charge in [-0.1, -0.05) is 0 Å². The Morgan fingerprint density at radius 1 is 1.83 bits per heavy atom. The predicted molar refractivity (Wildman–Crippen MR) is 29.9 cm³/mol. The molecule has 2 heteroatoms. The quantitative estimate of drug-likeness (QED) is 0.521. The van der Waals surface area contributed by atoms with Crippen LogP contribution in [0.3, 0.4) is 0 Å². The van der Waals surface area contributed by atoms with E-state index in [-0.39, 0.29) is 0 Å². The van der Waals surface area contributed by atoms with E-state index in [0.717, 1.165) is 5.25 Å². The molecule has 1 rings (SSSR count). The summed E-state index contributed by atoms with van der Waals surface area (Å²) in [5.41, 5.74) is 5.46. The maximum Gasteiger partial charge on any atom is 0.0211 e. The first kappa shape index (κ1) is 4.47. The molecule has 0 radical (unpaired) electrons. The van der Waals surface area contributed by atoms with Gasteiger partial charge in [0.15, 0.2) is 0 Å². The molecule has 0 aromatic heterocycles. The van der Waals surface area contributed by atoms with E-state index in [4.69, 9.17) is 5.73 Å². The van der Waals surface area contributed by atoms with Gasteiger partial charge in [-0.3, -0.25) is 0 Å². The molecule has 0 heterocycles. The van der Waals surface area contributed by atoms with Crippen LogP contribution in [0.25, 0.3) is 0 Å². The van der Waals surface area contributed by atoms with E-state index in [1.807, 2.05) is 11.8 Å². The SMILES string of the molecule is CS[C@@H]1C[C@H]1N. The molecule has 0 spiro atoms. The van der Waals surface area contributed by atoms with Gasteiger partial charge in [0, 0.05) is 11.3 Å². The Hall–Kier alpha value is 0.310. The van der Waals surface area contributed by atoms with E-state index in [2.05, 4.69) is 6.26 Å². The number of thioether (sulfide) groups is 1. The lowest BCUT2D eigenvalue weighted by Gasteiger charge is -1.80. The maximum atomic E-state index is 5.46. The van der Waals surface area contributed by atoms with E-state index >= 15 is 0 Å². The molecule has 2 atom stereocenters. The van der Waals surface area contributed by atoms with Crippen molar-refractivity contribution in [3.8, 4) is 0 Å². The Morgan fingerprint density at radius 2 is 2.33 bits per heavy atom. The van der Waals surface area contributed by atoms with Gasteiger partial charge in [0.1, 0.15) is 0 Å². The van der Waals surface area contributed by atoms with Crippen molar-refractivity contribution in [2.75, 3.05) is 6.26 Å². The minimum absolute atomic E-state index is 0.528. The first-order valence-corrected chi connectivity index (χ1v) is 3.42. The lowest BCUT2D eigenvalue weighted by molar-refractivity contribution is 1.08. The predicted octanol–water partition coefficient (Wildman–Crippen LogP) is 0.449. The van der Waals surface area contributed by atoms with Crippen molar-refractivity contribution in [3.05, 3.63) is 0 Å².